The molecular weight excluding hydrogens is 248 g/mol. The Morgan fingerprint density at radius 3 is 2.78 bits per heavy atom. The molecule has 104 valence electrons. The van der Waals surface area contributed by atoms with Crippen LogP contribution in [0.1, 0.15) is 58.3 Å². The lowest BCUT2D eigenvalue weighted by molar-refractivity contribution is -0.136. The van der Waals surface area contributed by atoms with Gasteiger partial charge in [0.1, 0.15) is 0 Å². The van der Waals surface area contributed by atoms with E-state index < -0.39 is 5.97 Å². The average Bonchev–Trinajstić information content (AvgIpc) is 2.70. The van der Waals surface area contributed by atoms with E-state index in [4.69, 9.17) is 9.84 Å². The van der Waals surface area contributed by atoms with Gasteiger partial charge in [-0.15, -0.1) is 0 Å². The molecule has 0 aromatic carbocycles. The quantitative estimate of drug-likeness (QED) is 0.832. The Morgan fingerprint density at radius 1 is 1.39 bits per heavy atom. The van der Waals surface area contributed by atoms with Crippen molar-refractivity contribution < 1.29 is 14.6 Å². The highest BCUT2D eigenvalue weighted by Gasteiger charge is 2.40. The summed E-state index contributed by atoms with van der Waals surface area (Å²) in [5.74, 6) is 0.252. The smallest absolute Gasteiger partial charge is 0.304 e. The highest BCUT2D eigenvalue weighted by molar-refractivity contribution is 7.99. The zero-order valence-electron chi connectivity index (χ0n) is 11.2. The van der Waals surface area contributed by atoms with Crippen LogP contribution in [0.3, 0.4) is 0 Å². The zero-order valence-corrected chi connectivity index (χ0v) is 12.0. The molecule has 0 bridgehead atoms. The number of ether oxygens (including phenoxy) is 1. The van der Waals surface area contributed by atoms with E-state index in [1.165, 1.54) is 38.5 Å². The van der Waals surface area contributed by atoms with Gasteiger partial charge >= 0.3 is 5.97 Å². The van der Waals surface area contributed by atoms with Crippen LogP contribution in [0.2, 0.25) is 0 Å². The molecule has 1 N–H and O–H groups in total. The molecule has 2 unspecified atom stereocenters. The van der Waals surface area contributed by atoms with Crippen molar-refractivity contribution in [1.29, 1.82) is 0 Å². The first kappa shape index (κ1) is 14.2. The summed E-state index contributed by atoms with van der Waals surface area (Å²) in [6.07, 6.45) is 9.44. The molecular formula is C14H24O3S. The van der Waals surface area contributed by atoms with Crippen molar-refractivity contribution in [1.82, 2.24) is 0 Å². The summed E-state index contributed by atoms with van der Waals surface area (Å²) in [7, 11) is 0. The maximum absolute atomic E-state index is 10.6. The second kappa shape index (κ2) is 6.29. The second-order valence-corrected chi connectivity index (χ2v) is 7.24. The Kier molecular flexibility index (Phi) is 4.96. The number of carboxylic acids is 1. The van der Waals surface area contributed by atoms with E-state index in [0.717, 1.165) is 12.2 Å². The van der Waals surface area contributed by atoms with Gasteiger partial charge in [-0.05, 0) is 25.7 Å². The molecule has 1 heterocycles. The molecule has 0 amide bonds. The van der Waals surface area contributed by atoms with Crippen molar-refractivity contribution in [2.24, 2.45) is 0 Å². The van der Waals surface area contributed by atoms with Crippen LogP contribution in [0.25, 0.3) is 0 Å². The summed E-state index contributed by atoms with van der Waals surface area (Å²) in [4.78, 5) is 10.6. The summed E-state index contributed by atoms with van der Waals surface area (Å²) in [6.45, 7) is 1.99. The molecule has 2 aliphatic rings. The molecule has 2 fully saturated rings. The molecule has 18 heavy (non-hydrogen) atoms. The third kappa shape index (κ3) is 3.89. The molecule has 2 atom stereocenters. The number of aliphatic carboxylic acids is 1. The predicted molar refractivity (Wildman–Crippen MR) is 74.1 cm³/mol. The highest BCUT2D eigenvalue weighted by atomic mass is 32.2. The lowest BCUT2D eigenvalue weighted by Crippen LogP contribution is -2.32. The van der Waals surface area contributed by atoms with Crippen molar-refractivity contribution in [3.63, 3.8) is 0 Å². The minimum atomic E-state index is -0.703. The van der Waals surface area contributed by atoms with E-state index in [1.54, 1.807) is 11.8 Å². The minimum Gasteiger partial charge on any atom is -0.481 e. The maximum Gasteiger partial charge on any atom is 0.304 e. The van der Waals surface area contributed by atoms with Crippen LogP contribution < -0.4 is 0 Å². The van der Waals surface area contributed by atoms with Gasteiger partial charge in [0.25, 0.3) is 0 Å². The molecule has 1 spiro atoms. The van der Waals surface area contributed by atoms with Crippen molar-refractivity contribution >= 4 is 17.7 Å². The van der Waals surface area contributed by atoms with Crippen LogP contribution in [0.4, 0.5) is 0 Å². The van der Waals surface area contributed by atoms with Gasteiger partial charge in [0, 0.05) is 11.0 Å². The summed E-state index contributed by atoms with van der Waals surface area (Å²) >= 11 is 1.74. The van der Waals surface area contributed by atoms with E-state index in [2.05, 4.69) is 0 Å². The SMILES string of the molecule is CC(CC(=O)O)SCC1CCC2(CCCCC2)O1. The monoisotopic (exact) mass is 272 g/mol. The molecule has 0 aromatic rings. The Hall–Kier alpha value is -0.220. The van der Waals surface area contributed by atoms with Gasteiger partial charge in [-0.3, -0.25) is 4.79 Å². The van der Waals surface area contributed by atoms with Crippen molar-refractivity contribution in [2.75, 3.05) is 5.75 Å². The van der Waals surface area contributed by atoms with Gasteiger partial charge in [-0.1, -0.05) is 26.2 Å². The van der Waals surface area contributed by atoms with Crippen LogP contribution in [0.15, 0.2) is 0 Å². The van der Waals surface area contributed by atoms with Gasteiger partial charge in [0.2, 0.25) is 0 Å². The lowest BCUT2D eigenvalue weighted by Gasteiger charge is -2.33. The Morgan fingerprint density at radius 2 is 2.11 bits per heavy atom. The van der Waals surface area contributed by atoms with Gasteiger partial charge in [-0.2, -0.15) is 11.8 Å². The molecule has 4 heteroatoms. The van der Waals surface area contributed by atoms with Crippen LogP contribution >= 0.6 is 11.8 Å². The van der Waals surface area contributed by atoms with Crippen molar-refractivity contribution in [3.05, 3.63) is 0 Å². The predicted octanol–water partition coefficient (Wildman–Crippen LogP) is 3.46. The summed E-state index contributed by atoms with van der Waals surface area (Å²) in [5, 5.41) is 8.92. The first-order valence-electron chi connectivity index (χ1n) is 7.11. The summed E-state index contributed by atoms with van der Waals surface area (Å²) in [5.41, 5.74) is 0.194. The van der Waals surface area contributed by atoms with E-state index >= 15 is 0 Å². The largest absolute Gasteiger partial charge is 0.481 e. The fourth-order valence-electron chi connectivity index (χ4n) is 3.15. The zero-order chi connectivity index (χ0) is 13.0. The molecule has 3 nitrogen and oxygen atoms in total. The van der Waals surface area contributed by atoms with Gasteiger partial charge < -0.3 is 9.84 Å². The number of rotatable bonds is 5. The molecule has 1 aliphatic carbocycles. The molecule has 2 rings (SSSR count). The number of hydrogen-bond acceptors (Lipinski definition) is 3. The average molecular weight is 272 g/mol. The lowest BCUT2D eigenvalue weighted by atomic mass is 9.83. The Balaban J connectivity index is 1.70. The van der Waals surface area contributed by atoms with Crippen molar-refractivity contribution in [3.8, 4) is 0 Å². The fraction of sp³-hybridized carbons (Fsp3) is 0.929. The molecule has 1 saturated heterocycles. The van der Waals surface area contributed by atoms with Crippen LogP contribution in [-0.4, -0.2) is 33.8 Å². The fourth-order valence-corrected chi connectivity index (χ4v) is 4.19. The van der Waals surface area contributed by atoms with E-state index in [-0.39, 0.29) is 17.3 Å². The van der Waals surface area contributed by atoms with Gasteiger partial charge in [0.15, 0.2) is 0 Å². The normalized spacial score (nSPS) is 28.4. The minimum absolute atomic E-state index is 0.189. The van der Waals surface area contributed by atoms with Gasteiger partial charge in [0.05, 0.1) is 18.1 Å². The van der Waals surface area contributed by atoms with Crippen LogP contribution in [0.5, 0.6) is 0 Å². The maximum atomic E-state index is 10.6. The summed E-state index contributed by atoms with van der Waals surface area (Å²) < 4.78 is 6.28. The van der Waals surface area contributed by atoms with E-state index in [1.807, 2.05) is 6.92 Å². The highest BCUT2D eigenvalue weighted by Crippen LogP contribution is 2.42. The molecule has 1 saturated carbocycles. The number of thioether (sulfide) groups is 1. The third-order valence-corrected chi connectivity index (χ3v) is 5.43. The third-order valence-electron chi connectivity index (χ3n) is 4.13. The molecule has 0 aromatic heterocycles. The Labute approximate surface area is 114 Å². The topological polar surface area (TPSA) is 46.5 Å². The Bertz CT molecular complexity index is 287. The standard InChI is InChI=1S/C14H24O3S/c1-11(9-13(15)16)18-10-12-5-8-14(17-12)6-3-2-4-7-14/h11-12H,2-10H2,1H3,(H,15,16). The first-order valence-corrected chi connectivity index (χ1v) is 8.16. The second-order valence-electron chi connectivity index (χ2n) is 5.76. The van der Waals surface area contributed by atoms with Gasteiger partial charge in [-0.25, -0.2) is 0 Å². The van der Waals surface area contributed by atoms with Crippen molar-refractivity contribution in [2.45, 2.75) is 75.2 Å². The first-order chi connectivity index (χ1) is 8.60. The summed E-state index contributed by atoms with van der Waals surface area (Å²) in [6, 6.07) is 0. The van der Waals surface area contributed by atoms with Crippen LogP contribution in [0, 0.1) is 0 Å². The van der Waals surface area contributed by atoms with E-state index in [0.29, 0.717) is 6.10 Å². The number of carboxylic acid groups (broad SMARTS) is 1. The van der Waals surface area contributed by atoms with E-state index in [9.17, 15) is 4.79 Å². The molecule has 0 radical (unpaired) electrons. The number of hydrogen-bond donors (Lipinski definition) is 1. The number of carbonyl (C=O) groups is 1. The van der Waals surface area contributed by atoms with Crippen LogP contribution in [-0.2, 0) is 9.53 Å². The molecule has 1 aliphatic heterocycles.